The fraction of sp³-hybridized carbons (Fsp3) is 0.316. The molecule has 0 saturated carbocycles. The Balaban J connectivity index is 1.97. The van der Waals surface area contributed by atoms with Crippen molar-refractivity contribution in [3.8, 4) is 17.2 Å². The molecule has 0 spiro atoms. The fourth-order valence-corrected chi connectivity index (χ4v) is 2.81. The number of nitrogens with one attached hydrogen (secondary N) is 1. The topological polar surface area (TPSA) is 87.0 Å². The summed E-state index contributed by atoms with van der Waals surface area (Å²) in [5, 5.41) is 7.10. The van der Waals surface area contributed by atoms with Gasteiger partial charge in [-0.2, -0.15) is 5.10 Å². The predicted molar refractivity (Wildman–Crippen MR) is 101 cm³/mol. The second-order valence-electron chi connectivity index (χ2n) is 6.19. The molecule has 8 nitrogen and oxygen atoms in total. The van der Waals surface area contributed by atoms with Gasteiger partial charge in [0, 0.05) is 29.6 Å². The number of anilines is 1. The number of rotatable bonds is 6. The minimum absolute atomic E-state index is 0.183. The molecule has 0 unspecified atom stereocenters. The van der Waals surface area contributed by atoms with Crippen LogP contribution in [0.1, 0.15) is 35.9 Å². The lowest BCUT2D eigenvalue weighted by Crippen LogP contribution is -2.16. The lowest BCUT2D eigenvalue weighted by atomic mass is 10.1. The zero-order chi connectivity index (χ0) is 19.6. The number of aromatic nitrogens is 3. The highest BCUT2D eigenvalue weighted by Gasteiger charge is 2.18. The third-order valence-electron chi connectivity index (χ3n) is 4.13. The Bertz CT molecular complexity index is 956. The van der Waals surface area contributed by atoms with Crippen LogP contribution in [0.4, 0.5) is 5.69 Å². The molecule has 1 amide bonds. The maximum atomic E-state index is 12.8. The van der Waals surface area contributed by atoms with Crippen molar-refractivity contribution in [2.24, 2.45) is 0 Å². The molecule has 0 aliphatic rings. The van der Waals surface area contributed by atoms with Crippen LogP contribution in [-0.2, 0) is 0 Å². The monoisotopic (exact) mass is 370 g/mol. The number of amides is 1. The normalized spacial score (nSPS) is 10.9. The van der Waals surface area contributed by atoms with Crippen molar-refractivity contribution in [1.29, 1.82) is 0 Å². The number of carbonyl (C=O) groups excluding carboxylic acids is 1. The molecule has 2 aromatic heterocycles. The highest BCUT2D eigenvalue weighted by Crippen LogP contribution is 2.40. The first-order valence-electron chi connectivity index (χ1n) is 8.44. The molecular formula is C19H22N4O4. The summed E-state index contributed by atoms with van der Waals surface area (Å²) >= 11 is 0. The largest absolute Gasteiger partial charge is 0.493 e. The van der Waals surface area contributed by atoms with Crippen LogP contribution in [0.15, 0.2) is 30.5 Å². The number of hydrogen-bond donors (Lipinski definition) is 1. The molecule has 0 radical (unpaired) electrons. The van der Waals surface area contributed by atoms with Gasteiger partial charge in [0.15, 0.2) is 17.1 Å². The molecule has 3 aromatic rings. The summed E-state index contributed by atoms with van der Waals surface area (Å²) in [6.45, 7) is 4.08. The van der Waals surface area contributed by atoms with Gasteiger partial charge in [0.05, 0.1) is 27.5 Å². The molecule has 0 aliphatic carbocycles. The van der Waals surface area contributed by atoms with Crippen LogP contribution in [0.2, 0.25) is 0 Å². The van der Waals surface area contributed by atoms with Crippen LogP contribution in [0.3, 0.4) is 0 Å². The molecule has 0 aliphatic heterocycles. The smallest absolute Gasteiger partial charge is 0.274 e. The van der Waals surface area contributed by atoms with E-state index in [9.17, 15) is 4.79 Å². The molecular weight excluding hydrogens is 348 g/mol. The Kier molecular flexibility index (Phi) is 5.16. The van der Waals surface area contributed by atoms with Crippen LogP contribution in [0.25, 0.3) is 5.65 Å². The van der Waals surface area contributed by atoms with Crippen LogP contribution in [-0.4, -0.2) is 41.8 Å². The Morgan fingerprint density at radius 2 is 1.74 bits per heavy atom. The van der Waals surface area contributed by atoms with Crippen LogP contribution in [0, 0.1) is 0 Å². The number of ether oxygens (including phenoxy) is 3. The molecule has 1 aromatic carbocycles. The van der Waals surface area contributed by atoms with E-state index < -0.39 is 0 Å². The fourth-order valence-electron chi connectivity index (χ4n) is 2.81. The number of fused-ring (bicyclic) bond motifs is 1. The number of hydrogen-bond acceptors (Lipinski definition) is 6. The number of nitrogens with zero attached hydrogens (tertiary/aromatic N) is 3. The zero-order valence-electron chi connectivity index (χ0n) is 15.9. The third-order valence-corrected chi connectivity index (χ3v) is 4.13. The Morgan fingerprint density at radius 3 is 2.30 bits per heavy atom. The van der Waals surface area contributed by atoms with E-state index in [0.717, 1.165) is 5.69 Å². The lowest BCUT2D eigenvalue weighted by Gasteiger charge is -2.15. The van der Waals surface area contributed by atoms with Gasteiger partial charge in [-0.1, -0.05) is 13.8 Å². The van der Waals surface area contributed by atoms with E-state index in [4.69, 9.17) is 14.2 Å². The standard InChI is InChI=1S/C19H22N4O4/c1-11(2)14-10-13(22-17-6-7-20-23(14)17)19(24)21-12-8-15(25-3)18(27-5)16(9-12)26-4/h6-11H,1-5H3,(H,21,24). The SMILES string of the molecule is COc1cc(NC(=O)c2cc(C(C)C)n3nccc3n2)cc(OC)c1OC. The molecule has 27 heavy (non-hydrogen) atoms. The molecule has 142 valence electrons. The van der Waals surface area contributed by atoms with Gasteiger partial charge in [-0.3, -0.25) is 4.79 Å². The van der Waals surface area contributed by atoms with Crippen molar-refractivity contribution >= 4 is 17.2 Å². The Hall–Kier alpha value is -3.29. The van der Waals surface area contributed by atoms with Gasteiger partial charge in [-0.15, -0.1) is 0 Å². The van der Waals surface area contributed by atoms with Gasteiger partial charge >= 0.3 is 0 Å². The summed E-state index contributed by atoms with van der Waals surface area (Å²) in [7, 11) is 4.57. The summed E-state index contributed by atoms with van der Waals surface area (Å²) in [6, 6.07) is 6.85. The number of benzene rings is 1. The van der Waals surface area contributed by atoms with E-state index in [1.807, 2.05) is 13.8 Å². The van der Waals surface area contributed by atoms with Crippen molar-refractivity contribution < 1.29 is 19.0 Å². The van der Waals surface area contributed by atoms with Gasteiger partial charge in [0.1, 0.15) is 5.69 Å². The minimum Gasteiger partial charge on any atom is -0.493 e. The van der Waals surface area contributed by atoms with Gasteiger partial charge in [-0.05, 0) is 12.0 Å². The molecule has 2 heterocycles. The maximum Gasteiger partial charge on any atom is 0.274 e. The van der Waals surface area contributed by atoms with Gasteiger partial charge in [0.2, 0.25) is 5.75 Å². The van der Waals surface area contributed by atoms with Gasteiger partial charge in [-0.25, -0.2) is 9.50 Å². The van der Waals surface area contributed by atoms with Crippen molar-refractivity contribution in [2.45, 2.75) is 19.8 Å². The highest BCUT2D eigenvalue weighted by molar-refractivity contribution is 6.03. The van der Waals surface area contributed by atoms with Crippen molar-refractivity contribution in [2.75, 3.05) is 26.6 Å². The van der Waals surface area contributed by atoms with E-state index in [2.05, 4.69) is 15.4 Å². The average molecular weight is 370 g/mol. The van der Waals surface area contributed by atoms with Crippen molar-refractivity contribution in [3.05, 3.63) is 41.9 Å². The van der Waals surface area contributed by atoms with Gasteiger partial charge in [0.25, 0.3) is 5.91 Å². The van der Waals surface area contributed by atoms with Crippen molar-refractivity contribution in [3.63, 3.8) is 0 Å². The average Bonchev–Trinajstić information content (AvgIpc) is 3.14. The Morgan fingerprint density at radius 1 is 1.07 bits per heavy atom. The first-order valence-corrected chi connectivity index (χ1v) is 8.44. The first-order chi connectivity index (χ1) is 13.0. The van der Waals surface area contributed by atoms with Gasteiger partial charge < -0.3 is 19.5 Å². The second-order valence-corrected chi connectivity index (χ2v) is 6.19. The first kappa shape index (κ1) is 18.5. The van der Waals surface area contributed by atoms with Crippen LogP contribution >= 0.6 is 0 Å². The number of methoxy groups -OCH3 is 3. The zero-order valence-corrected chi connectivity index (χ0v) is 15.9. The van der Waals surface area contributed by atoms with E-state index >= 15 is 0 Å². The summed E-state index contributed by atoms with van der Waals surface area (Å²) in [5.74, 6) is 1.21. The molecule has 8 heteroatoms. The van der Waals surface area contributed by atoms with Crippen LogP contribution < -0.4 is 19.5 Å². The summed E-state index contributed by atoms with van der Waals surface area (Å²) in [4.78, 5) is 17.2. The molecule has 1 N–H and O–H groups in total. The number of carbonyl (C=O) groups is 1. The van der Waals surface area contributed by atoms with E-state index in [-0.39, 0.29) is 11.8 Å². The second kappa shape index (κ2) is 7.53. The molecule has 0 atom stereocenters. The highest BCUT2D eigenvalue weighted by atomic mass is 16.5. The summed E-state index contributed by atoms with van der Waals surface area (Å²) in [5.41, 5.74) is 2.34. The quantitative estimate of drug-likeness (QED) is 0.717. The predicted octanol–water partition coefficient (Wildman–Crippen LogP) is 3.13. The van der Waals surface area contributed by atoms with Crippen molar-refractivity contribution in [1.82, 2.24) is 14.6 Å². The minimum atomic E-state index is -0.338. The van der Waals surface area contributed by atoms with E-state index in [1.165, 1.54) is 21.3 Å². The molecule has 0 fully saturated rings. The van der Waals surface area contributed by atoms with Crippen LogP contribution in [0.5, 0.6) is 17.2 Å². The summed E-state index contributed by atoms with van der Waals surface area (Å²) < 4.78 is 17.7. The molecule has 0 bridgehead atoms. The van der Waals surface area contributed by atoms with E-state index in [0.29, 0.717) is 34.3 Å². The Labute approximate surface area is 157 Å². The molecule has 3 rings (SSSR count). The van der Waals surface area contributed by atoms with E-state index in [1.54, 1.807) is 35.0 Å². The maximum absolute atomic E-state index is 12.8. The summed E-state index contributed by atoms with van der Waals surface area (Å²) in [6.07, 6.45) is 1.66. The molecule has 0 saturated heterocycles. The third kappa shape index (κ3) is 3.51. The lowest BCUT2D eigenvalue weighted by molar-refractivity contribution is 0.102.